The number of carbonyl (C=O) groups excluding carboxylic acids is 1. The van der Waals surface area contributed by atoms with Crippen molar-refractivity contribution in [3.8, 4) is 11.3 Å². The van der Waals surface area contributed by atoms with Gasteiger partial charge < -0.3 is 9.72 Å². The maximum absolute atomic E-state index is 11.1. The van der Waals surface area contributed by atoms with E-state index in [-0.39, 0.29) is 5.82 Å². The molecule has 1 heterocycles. The van der Waals surface area contributed by atoms with Crippen LogP contribution in [0.3, 0.4) is 0 Å². The van der Waals surface area contributed by atoms with Gasteiger partial charge in [0.05, 0.1) is 19.0 Å². The number of rotatable bonds is 2. The van der Waals surface area contributed by atoms with Crippen LogP contribution in [0.25, 0.3) is 11.3 Å². The Bertz CT molecular complexity index is 462. The van der Waals surface area contributed by atoms with Crippen molar-refractivity contribution in [2.45, 2.75) is 0 Å². The molecule has 0 saturated heterocycles. The predicted octanol–water partition coefficient (Wildman–Crippen LogP) is 1.86. The van der Waals surface area contributed by atoms with E-state index in [0.29, 0.717) is 0 Å². The molecule has 2 rings (SSSR count). The normalized spacial score (nSPS) is 9.93. The van der Waals surface area contributed by atoms with Crippen molar-refractivity contribution in [2.24, 2.45) is 0 Å². The number of esters is 1. The molecule has 0 atom stereocenters. The molecule has 1 aromatic carbocycles. The molecule has 1 N–H and O–H groups in total. The first kappa shape index (κ1) is 9.45. The SMILES string of the molecule is COC(=O)c1ncc(-c2ccccc2)[nH]1. The van der Waals surface area contributed by atoms with Crippen LogP contribution in [0.15, 0.2) is 36.5 Å². The molecule has 0 spiro atoms. The van der Waals surface area contributed by atoms with Crippen LogP contribution in [0.2, 0.25) is 0 Å². The van der Waals surface area contributed by atoms with Gasteiger partial charge in [-0.15, -0.1) is 0 Å². The van der Waals surface area contributed by atoms with Gasteiger partial charge in [0.2, 0.25) is 5.82 Å². The van der Waals surface area contributed by atoms with Crippen molar-refractivity contribution in [2.75, 3.05) is 7.11 Å². The van der Waals surface area contributed by atoms with Crippen LogP contribution in [0.5, 0.6) is 0 Å². The molecule has 0 aliphatic rings. The Morgan fingerprint density at radius 1 is 1.33 bits per heavy atom. The minimum absolute atomic E-state index is 0.219. The summed E-state index contributed by atoms with van der Waals surface area (Å²) in [4.78, 5) is 18.0. The molecule has 0 radical (unpaired) electrons. The van der Waals surface area contributed by atoms with Crippen molar-refractivity contribution >= 4 is 5.97 Å². The van der Waals surface area contributed by atoms with E-state index < -0.39 is 5.97 Å². The number of methoxy groups -OCH3 is 1. The summed E-state index contributed by atoms with van der Waals surface area (Å²) >= 11 is 0. The van der Waals surface area contributed by atoms with Crippen LogP contribution in [0.4, 0.5) is 0 Å². The van der Waals surface area contributed by atoms with Crippen LogP contribution in [-0.2, 0) is 4.74 Å². The largest absolute Gasteiger partial charge is 0.463 e. The Balaban J connectivity index is 2.32. The lowest BCUT2D eigenvalue weighted by Crippen LogP contribution is -2.03. The van der Waals surface area contributed by atoms with E-state index in [4.69, 9.17) is 0 Å². The monoisotopic (exact) mass is 202 g/mol. The van der Waals surface area contributed by atoms with E-state index in [2.05, 4.69) is 14.7 Å². The Morgan fingerprint density at radius 3 is 2.73 bits per heavy atom. The minimum atomic E-state index is -0.461. The fourth-order valence-electron chi connectivity index (χ4n) is 1.29. The van der Waals surface area contributed by atoms with Gasteiger partial charge in [-0.2, -0.15) is 0 Å². The van der Waals surface area contributed by atoms with Crippen LogP contribution < -0.4 is 0 Å². The van der Waals surface area contributed by atoms with Gasteiger partial charge in [-0.25, -0.2) is 9.78 Å². The Morgan fingerprint density at radius 2 is 2.07 bits per heavy atom. The second-order valence-electron chi connectivity index (χ2n) is 3.00. The van der Waals surface area contributed by atoms with Gasteiger partial charge in [-0.3, -0.25) is 0 Å². The number of H-pyrrole nitrogens is 1. The smallest absolute Gasteiger partial charge is 0.374 e. The highest BCUT2D eigenvalue weighted by Gasteiger charge is 2.10. The number of nitrogens with zero attached hydrogens (tertiary/aromatic N) is 1. The third kappa shape index (κ3) is 1.88. The lowest BCUT2D eigenvalue weighted by atomic mass is 10.2. The van der Waals surface area contributed by atoms with Gasteiger partial charge >= 0.3 is 5.97 Å². The van der Waals surface area contributed by atoms with E-state index >= 15 is 0 Å². The standard InChI is InChI=1S/C11H10N2O2/c1-15-11(14)10-12-7-9(13-10)8-5-3-2-4-6-8/h2-7H,1H3,(H,12,13). The summed E-state index contributed by atoms with van der Waals surface area (Å²) in [6, 6.07) is 9.66. The molecule has 4 nitrogen and oxygen atoms in total. The third-order valence-corrected chi connectivity index (χ3v) is 2.04. The van der Waals surface area contributed by atoms with Crippen LogP contribution >= 0.6 is 0 Å². The van der Waals surface area contributed by atoms with Crippen molar-refractivity contribution in [1.29, 1.82) is 0 Å². The molecule has 4 heteroatoms. The summed E-state index contributed by atoms with van der Waals surface area (Å²) in [6.07, 6.45) is 1.61. The number of carbonyl (C=O) groups is 1. The molecule has 0 fully saturated rings. The third-order valence-electron chi connectivity index (χ3n) is 2.04. The first-order valence-corrected chi connectivity index (χ1v) is 4.50. The Labute approximate surface area is 86.9 Å². The predicted molar refractivity (Wildman–Crippen MR) is 55.4 cm³/mol. The Kier molecular flexibility index (Phi) is 2.49. The molecule has 0 aliphatic heterocycles. The van der Waals surface area contributed by atoms with Gasteiger partial charge in [0.25, 0.3) is 0 Å². The first-order valence-electron chi connectivity index (χ1n) is 4.50. The molecule has 1 aromatic heterocycles. The van der Waals surface area contributed by atoms with E-state index in [1.54, 1.807) is 6.20 Å². The fourth-order valence-corrected chi connectivity index (χ4v) is 1.29. The molecule has 15 heavy (non-hydrogen) atoms. The van der Waals surface area contributed by atoms with Crippen molar-refractivity contribution < 1.29 is 9.53 Å². The highest BCUT2D eigenvalue weighted by Crippen LogP contribution is 2.15. The minimum Gasteiger partial charge on any atom is -0.463 e. The number of benzene rings is 1. The van der Waals surface area contributed by atoms with Crippen molar-refractivity contribution in [3.63, 3.8) is 0 Å². The van der Waals surface area contributed by atoms with Gasteiger partial charge in [0, 0.05) is 0 Å². The summed E-state index contributed by atoms with van der Waals surface area (Å²) in [6.45, 7) is 0. The molecule has 0 saturated carbocycles. The van der Waals surface area contributed by atoms with Gasteiger partial charge in [0.1, 0.15) is 0 Å². The maximum atomic E-state index is 11.1. The average molecular weight is 202 g/mol. The molecule has 0 amide bonds. The number of aromatic nitrogens is 2. The van der Waals surface area contributed by atoms with E-state index in [0.717, 1.165) is 11.3 Å². The average Bonchev–Trinajstić information content (AvgIpc) is 2.78. The summed E-state index contributed by atoms with van der Waals surface area (Å²) in [5, 5.41) is 0. The summed E-state index contributed by atoms with van der Waals surface area (Å²) in [7, 11) is 1.33. The summed E-state index contributed by atoms with van der Waals surface area (Å²) in [5.74, 6) is -0.242. The zero-order chi connectivity index (χ0) is 10.7. The van der Waals surface area contributed by atoms with Gasteiger partial charge in [0.15, 0.2) is 0 Å². The van der Waals surface area contributed by atoms with Gasteiger partial charge in [-0.1, -0.05) is 30.3 Å². The molecule has 0 unspecified atom stereocenters. The fraction of sp³-hybridized carbons (Fsp3) is 0.0909. The van der Waals surface area contributed by atoms with Gasteiger partial charge in [-0.05, 0) is 5.56 Å². The quantitative estimate of drug-likeness (QED) is 0.756. The molecule has 2 aromatic rings. The van der Waals surface area contributed by atoms with Crippen molar-refractivity contribution in [1.82, 2.24) is 9.97 Å². The second-order valence-corrected chi connectivity index (χ2v) is 3.00. The zero-order valence-electron chi connectivity index (χ0n) is 8.23. The van der Waals surface area contributed by atoms with Crippen molar-refractivity contribution in [3.05, 3.63) is 42.4 Å². The maximum Gasteiger partial charge on any atom is 0.374 e. The first-order chi connectivity index (χ1) is 7.31. The van der Waals surface area contributed by atoms with E-state index in [1.165, 1.54) is 7.11 Å². The summed E-state index contributed by atoms with van der Waals surface area (Å²) < 4.78 is 4.55. The van der Waals surface area contributed by atoms with Crippen LogP contribution in [0.1, 0.15) is 10.6 Å². The highest BCUT2D eigenvalue weighted by atomic mass is 16.5. The molecule has 76 valence electrons. The lowest BCUT2D eigenvalue weighted by Gasteiger charge is -1.95. The van der Waals surface area contributed by atoms with Crippen LogP contribution in [0, 0.1) is 0 Å². The Hall–Kier alpha value is -2.10. The molecule has 0 bridgehead atoms. The number of imidazole rings is 1. The van der Waals surface area contributed by atoms with E-state index in [9.17, 15) is 4.79 Å². The summed E-state index contributed by atoms with van der Waals surface area (Å²) in [5.41, 5.74) is 1.79. The second kappa shape index (κ2) is 3.96. The molecular weight excluding hydrogens is 192 g/mol. The number of ether oxygens (including phenoxy) is 1. The topological polar surface area (TPSA) is 55.0 Å². The number of nitrogens with one attached hydrogen (secondary N) is 1. The van der Waals surface area contributed by atoms with Crippen LogP contribution in [-0.4, -0.2) is 23.0 Å². The number of hydrogen-bond acceptors (Lipinski definition) is 3. The number of aromatic amines is 1. The van der Waals surface area contributed by atoms with E-state index in [1.807, 2.05) is 30.3 Å². The lowest BCUT2D eigenvalue weighted by molar-refractivity contribution is 0.0588. The molecule has 0 aliphatic carbocycles. The number of hydrogen-bond donors (Lipinski definition) is 1. The highest BCUT2D eigenvalue weighted by molar-refractivity contribution is 5.86. The molecular formula is C11H10N2O2. The zero-order valence-corrected chi connectivity index (χ0v) is 8.23.